The van der Waals surface area contributed by atoms with Crippen LogP contribution in [0.2, 0.25) is 5.02 Å². The molecule has 0 radical (unpaired) electrons. The number of aryl methyl sites for hydroxylation is 1. The minimum Gasteiger partial charge on any atom is -0.350 e. The Hall–Kier alpha value is -1.06. The van der Waals surface area contributed by atoms with Gasteiger partial charge in [0.25, 0.3) is 0 Å². The summed E-state index contributed by atoms with van der Waals surface area (Å²) in [5.74, 6) is 0.0218. The number of benzene rings is 1. The zero-order chi connectivity index (χ0) is 13.6. The lowest BCUT2D eigenvalue weighted by Gasteiger charge is -2.26. The molecule has 1 aromatic rings. The number of amides is 1. The third kappa shape index (κ3) is 5.52. The molecule has 2 N–H and O–H groups in total. The van der Waals surface area contributed by atoms with Gasteiger partial charge < -0.3 is 10.6 Å². The molecule has 18 heavy (non-hydrogen) atoms. The zero-order valence-electron chi connectivity index (χ0n) is 11.2. The van der Waals surface area contributed by atoms with Crippen LogP contribution in [0.15, 0.2) is 24.3 Å². The molecule has 0 heterocycles. The number of nitrogens with one attached hydrogen (secondary N) is 2. The van der Waals surface area contributed by atoms with Crippen molar-refractivity contribution in [2.75, 3.05) is 13.6 Å². The number of rotatable bonds is 6. The highest BCUT2D eigenvalue weighted by molar-refractivity contribution is 6.30. The Morgan fingerprint density at radius 1 is 1.39 bits per heavy atom. The van der Waals surface area contributed by atoms with E-state index in [4.69, 9.17) is 11.6 Å². The fourth-order valence-corrected chi connectivity index (χ4v) is 2.01. The van der Waals surface area contributed by atoms with Crippen molar-refractivity contribution in [2.24, 2.45) is 0 Å². The quantitative estimate of drug-likeness (QED) is 0.832. The average molecular weight is 269 g/mol. The van der Waals surface area contributed by atoms with Crippen LogP contribution in [0.5, 0.6) is 0 Å². The van der Waals surface area contributed by atoms with Crippen molar-refractivity contribution in [1.29, 1.82) is 0 Å². The summed E-state index contributed by atoms with van der Waals surface area (Å²) in [6.07, 6.45) is 1.77. The van der Waals surface area contributed by atoms with Gasteiger partial charge in [-0.15, -0.1) is 0 Å². The van der Waals surface area contributed by atoms with Gasteiger partial charge in [-0.05, 0) is 51.4 Å². The van der Waals surface area contributed by atoms with Crippen LogP contribution in [-0.2, 0) is 11.2 Å². The number of hydrogen-bond donors (Lipinski definition) is 2. The molecular formula is C14H21ClN2O. The summed E-state index contributed by atoms with van der Waals surface area (Å²) in [6.45, 7) is 4.41. The molecule has 1 amide bonds. The Labute approximate surface area is 114 Å². The first-order valence-electron chi connectivity index (χ1n) is 6.13. The van der Waals surface area contributed by atoms with Crippen molar-refractivity contribution in [1.82, 2.24) is 10.6 Å². The summed E-state index contributed by atoms with van der Waals surface area (Å²) in [7, 11) is 1.76. The zero-order valence-corrected chi connectivity index (χ0v) is 12.0. The van der Waals surface area contributed by atoms with Gasteiger partial charge in [0.1, 0.15) is 0 Å². The van der Waals surface area contributed by atoms with Gasteiger partial charge in [0.2, 0.25) is 5.91 Å². The van der Waals surface area contributed by atoms with Crippen molar-refractivity contribution in [3.8, 4) is 0 Å². The summed E-state index contributed by atoms with van der Waals surface area (Å²) in [5.41, 5.74) is 0.981. The fraction of sp³-hybridized carbons (Fsp3) is 0.500. The van der Waals surface area contributed by atoms with E-state index in [0.29, 0.717) is 6.54 Å². The van der Waals surface area contributed by atoms with Gasteiger partial charge >= 0.3 is 0 Å². The van der Waals surface area contributed by atoms with E-state index in [9.17, 15) is 4.79 Å². The molecule has 0 aromatic heterocycles. The summed E-state index contributed by atoms with van der Waals surface area (Å²) < 4.78 is 0. The molecule has 0 saturated heterocycles. The Morgan fingerprint density at radius 3 is 2.72 bits per heavy atom. The number of likely N-dealkylation sites (N-methyl/N-ethyl adjacent to an activating group) is 1. The molecule has 0 saturated carbocycles. The highest BCUT2D eigenvalue weighted by Crippen LogP contribution is 2.16. The lowest BCUT2D eigenvalue weighted by atomic mass is 9.95. The van der Waals surface area contributed by atoms with Crippen LogP contribution in [0.25, 0.3) is 0 Å². The van der Waals surface area contributed by atoms with Crippen LogP contribution < -0.4 is 10.6 Å². The highest BCUT2D eigenvalue weighted by Gasteiger charge is 2.19. The molecule has 100 valence electrons. The lowest BCUT2D eigenvalue weighted by Crippen LogP contribution is -2.46. The van der Waals surface area contributed by atoms with Crippen LogP contribution in [0, 0.1) is 0 Å². The maximum Gasteiger partial charge on any atom is 0.234 e. The Morgan fingerprint density at radius 2 is 2.11 bits per heavy atom. The van der Waals surface area contributed by atoms with Crippen LogP contribution in [0.1, 0.15) is 25.8 Å². The second kappa shape index (κ2) is 6.76. The van der Waals surface area contributed by atoms with E-state index < -0.39 is 0 Å². The summed E-state index contributed by atoms with van der Waals surface area (Å²) in [6, 6.07) is 7.83. The van der Waals surface area contributed by atoms with Crippen molar-refractivity contribution < 1.29 is 4.79 Å². The molecule has 0 aliphatic rings. The van der Waals surface area contributed by atoms with E-state index in [1.54, 1.807) is 7.05 Å². The maximum absolute atomic E-state index is 11.5. The third-order valence-electron chi connectivity index (χ3n) is 2.74. The predicted octanol–water partition coefficient (Wildman–Crippen LogP) is 2.39. The molecule has 0 aliphatic carbocycles. The minimum atomic E-state index is -0.212. The normalized spacial score (nSPS) is 11.3. The Balaban J connectivity index is 2.48. The van der Waals surface area contributed by atoms with Gasteiger partial charge in [0.15, 0.2) is 0 Å². The number of carbonyl (C=O) groups excluding carboxylic acids is 1. The molecule has 0 spiro atoms. The van der Waals surface area contributed by atoms with Crippen LogP contribution in [-0.4, -0.2) is 25.0 Å². The smallest absolute Gasteiger partial charge is 0.234 e. The van der Waals surface area contributed by atoms with E-state index in [0.717, 1.165) is 17.9 Å². The third-order valence-corrected chi connectivity index (χ3v) is 2.98. The largest absolute Gasteiger partial charge is 0.350 e. The number of halogens is 1. The van der Waals surface area contributed by atoms with Gasteiger partial charge in [0.05, 0.1) is 6.54 Å². The second-order valence-electron chi connectivity index (χ2n) is 5.09. The van der Waals surface area contributed by atoms with Gasteiger partial charge in [-0.25, -0.2) is 0 Å². The van der Waals surface area contributed by atoms with Crippen molar-refractivity contribution >= 4 is 17.5 Å². The predicted molar refractivity (Wildman–Crippen MR) is 75.9 cm³/mol. The summed E-state index contributed by atoms with van der Waals surface area (Å²) in [5, 5.41) is 6.60. The maximum atomic E-state index is 11.5. The molecule has 3 nitrogen and oxygen atoms in total. The molecule has 0 fully saturated rings. The second-order valence-corrected chi connectivity index (χ2v) is 5.53. The standard InChI is InChI=1S/C14H21ClN2O/c1-14(2,17-13(18)10-16-3)8-7-11-5-4-6-12(15)9-11/h4-6,9,16H,7-8,10H2,1-3H3,(H,17,18). The highest BCUT2D eigenvalue weighted by atomic mass is 35.5. The average Bonchev–Trinajstić information content (AvgIpc) is 2.26. The van der Waals surface area contributed by atoms with Crippen LogP contribution >= 0.6 is 11.6 Å². The van der Waals surface area contributed by atoms with E-state index in [2.05, 4.69) is 16.7 Å². The first kappa shape index (κ1) is 15.0. The molecule has 0 unspecified atom stereocenters. The molecular weight excluding hydrogens is 248 g/mol. The monoisotopic (exact) mass is 268 g/mol. The molecule has 0 aliphatic heterocycles. The van der Waals surface area contributed by atoms with Crippen molar-refractivity contribution in [2.45, 2.75) is 32.2 Å². The summed E-state index contributed by atoms with van der Waals surface area (Å²) >= 11 is 5.94. The molecule has 1 rings (SSSR count). The van der Waals surface area contributed by atoms with E-state index in [1.807, 2.05) is 32.0 Å². The van der Waals surface area contributed by atoms with Gasteiger partial charge in [-0.1, -0.05) is 23.7 Å². The SMILES string of the molecule is CNCC(=O)NC(C)(C)CCc1cccc(Cl)c1. The molecule has 1 aromatic carbocycles. The van der Waals surface area contributed by atoms with E-state index in [-0.39, 0.29) is 11.4 Å². The summed E-state index contributed by atoms with van der Waals surface area (Å²) in [4.78, 5) is 11.5. The Bertz CT molecular complexity index is 405. The van der Waals surface area contributed by atoms with Gasteiger partial charge in [-0.3, -0.25) is 4.79 Å². The molecule has 4 heteroatoms. The van der Waals surface area contributed by atoms with E-state index >= 15 is 0 Å². The topological polar surface area (TPSA) is 41.1 Å². The van der Waals surface area contributed by atoms with Gasteiger partial charge in [0, 0.05) is 10.6 Å². The first-order valence-corrected chi connectivity index (χ1v) is 6.51. The molecule has 0 bridgehead atoms. The van der Waals surface area contributed by atoms with Crippen LogP contribution in [0.3, 0.4) is 0 Å². The molecule has 0 atom stereocenters. The van der Waals surface area contributed by atoms with Gasteiger partial charge in [-0.2, -0.15) is 0 Å². The first-order chi connectivity index (χ1) is 8.43. The number of carbonyl (C=O) groups is 1. The Kier molecular flexibility index (Phi) is 5.63. The van der Waals surface area contributed by atoms with Crippen molar-refractivity contribution in [3.63, 3.8) is 0 Å². The van der Waals surface area contributed by atoms with E-state index in [1.165, 1.54) is 5.56 Å². The van der Waals surface area contributed by atoms with Crippen molar-refractivity contribution in [3.05, 3.63) is 34.9 Å². The fourth-order valence-electron chi connectivity index (χ4n) is 1.79. The number of hydrogen-bond acceptors (Lipinski definition) is 2. The lowest BCUT2D eigenvalue weighted by molar-refractivity contribution is -0.121. The van der Waals surface area contributed by atoms with Crippen LogP contribution in [0.4, 0.5) is 0 Å². The minimum absolute atomic E-state index is 0.0218.